The molecule has 108 valence electrons. The van der Waals surface area contributed by atoms with E-state index in [9.17, 15) is 26.0 Å². The molecule has 0 aromatic heterocycles. The number of hydrogen-bond acceptors (Lipinski definition) is 3. The third kappa shape index (κ3) is 4.06. The van der Waals surface area contributed by atoms with E-state index in [1.807, 2.05) is 0 Å². The minimum absolute atomic E-state index is 0.0545. The predicted molar refractivity (Wildman–Crippen MR) is 62.1 cm³/mol. The van der Waals surface area contributed by atoms with E-state index >= 15 is 0 Å². The van der Waals surface area contributed by atoms with Crippen molar-refractivity contribution >= 4 is 15.7 Å². The molecule has 0 aliphatic heterocycles. The van der Waals surface area contributed by atoms with Crippen LogP contribution < -0.4 is 10.0 Å². The average Bonchev–Trinajstić information content (AvgIpc) is 2.37. The van der Waals surface area contributed by atoms with Crippen LogP contribution in [0.2, 0.25) is 0 Å². The molecule has 1 rings (SSSR count). The van der Waals surface area contributed by atoms with Gasteiger partial charge in [-0.1, -0.05) is 0 Å². The lowest BCUT2D eigenvalue weighted by Gasteiger charge is -2.16. The number of halogens is 4. The lowest BCUT2D eigenvalue weighted by molar-refractivity contribution is -0.117. The molecular formula is C10H12F4N2O2S. The number of rotatable bonds is 6. The minimum Gasteiger partial charge on any atom is -0.379 e. The summed E-state index contributed by atoms with van der Waals surface area (Å²) in [6.07, 6.45) is -3.76. The van der Waals surface area contributed by atoms with E-state index in [1.54, 1.807) is 0 Å². The number of anilines is 1. The molecule has 0 saturated carbocycles. The van der Waals surface area contributed by atoms with E-state index in [4.69, 9.17) is 0 Å². The van der Waals surface area contributed by atoms with Gasteiger partial charge >= 0.3 is 12.3 Å². The van der Waals surface area contributed by atoms with Crippen LogP contribution in [0, 0.1) is 0 Å². The molecule has 9 heteroatoms. The highest BCUT2D eigenvalue weighted by atomic mass is 32.2. The fourth-order valence-electron chi connectivity index (χ4n) is 1.17. The Balaban J connectivity index is 2.74. The third-order valence-corrected chi connectivity index (χ3v) is 3.71. The van der Waals surface area contributed by atoms with Crippen LogP contribution in [-0.4, -0.2) is 34.4 Å². The van der Waals surface area contributed by atoms with Crippen molar-refractivity contribution in [1.82, 2.24) is 4.72 Å². The van der Waals surface area contributed by atoms with Crippen molar-refractivity contribution in [1.29, 1.82) is 0 Å². The van der Waals surface area contributed by atoms with Gasteiger partial charge in [0.25, 0.3) is 0 Å². The third-order valence-electron chi connectivity index (χ3n) is 2.28. The molecule has 1 aromatic rings. The molecule has 0 aliphatic carbocycles. The van der Waals surface area contributed by atoms with Crippen molar-refractivity contribution in [2.45, 2.75) is 17.2 Å². The Morgan fingerprint density at radius 2 is 1.74 bits per heavy atom. The van der Waals surface area contributed by atoms with Crippen molar-refractivity contribution in [2.75, 3.05) is 18.9 Å². The number of hydrogen-bond donors (Lipinski definition) is 2. The van der Waals surface area contributed by atoms with Crippen LogP contribution in [-0.2, 0) is 10.0 Å². The molecule has 0 saturated heterocycles. The van der Waals surface area contributed by atoms with Gasteiger partial charge in [0.2, 0.25) is 10.0 Å². The second kappa shape index (κ2) is 5.74. The first-order valence-corrected chi connectivity index (χ1v) is 6.61. The van der Waals surface area contributed by atoms with Crippen LogP contribution in [0.4, 0.5) is 23.2 Å². The maximum atomic E-state index is 12.6. The first-order chi connectivity index (χ1) is 8.69. The lowest BCUT2D eigenvalue weighted by atomic mass is 10.3. The van der Waals surface area contributed by atoms with Gasteiger partial charge < -0.3 is 5.32 Å². The smallest absolute Gasteiger partial charge is 0.324 e. The second-order valence-electron chi connectivity index (χ2n) is 3.65. The molecule has 19 heavy (non-hydrogen) atoms. The van der Waals surface area contributed by atoms with Gasteiger partial charge in [0, 0.05) is 5.69 Å². The van der Waals surface area contributed by atoms with Crippen LogP contribution in [0.15, 0.2) is 29.2 Å². The summed E-state index contributed by atoms with van der Waals surface area (Å²) >= 11 is 0. The van der Waals surface area contributed by atoms with Crippen LogP contribution in [0.5, 0.6) is 0 Å². The van der Waals surface area contributed by atoms with Gasteiger partial charge in [-0.05, 0) is 31.3 Å². The minimum atomic E-state index is -4.14. The summed E-state index contributed by atoms with van der Waals surface area (Å²) in [5, 5.41) is 2.12. The van der Waals surface area contributed by atoms with Gasteiger partial charge in [-0.15, -0.1) is 0 Å². The Morgan fingerprint density at radius 3 is 2.16 bits per heavy atom. The summed E-state index contributed by atoms with van der Waals surface area (Å²) in [4.78, 5) is -0.0545. The van der Waals surface area contributed by atoms with Crippen molar-refractivity contribution in [3.63, 3.8) is 0 Å². The zero-order valence-corrected chi connectivity index (χ0v) is 10.6. The Morgan fingerprint density at radius 1 is 1.21 bits per heavy atom. The summed E-state index contributed by atoms with van der Waals surface area (Å²) < 4.78 is 73.9. The maximum Gasteiger partial charge on any atom is 0.324 e. The van der Waals surface area contributed by atoms with Gasteiger partial charge in [0.15, 0.2) is 0 Å². The van der Waals surface area contributed by atoms with Gasteiger partial charge in [0.05, 0.1) is 11.4 Å². The predicted octanol–water partition coefficient (Wildman–Crippen LogP) is 1.91. The van der Waals surface area contributed by atoms with Crippen molar-refractivity contribution in [2.24, 2.45) is 0 Å². The van der Waals surface area contributed by atoms with Crippen LogP contribution in [0.25, 0.3) is 0 Å². The van der Waals surface area contributed by atoms with Crippen LogP contribution >= 0.6 is 0 Å². The maximum absolute atomic E-state index is 12.6. The summed E-state index contributed by atoms with van der Waals surface area (Å²) in [6, 6.07) is 4.78. The Kier molecular flexibility index (Phi) is 4.75. The fraction of sp³-hybridized carbons (Fsp3) is 0.400. The Labute approximate surface area is 107 Å². The molecule has 0 fully saturated rings. The van der Waals surface area contributed by atoms with Crippen LogP contribution in [0.1, 0.15) is 0 Å². The summed E-state index contributed by atoms with van der Waals surface area (Å²) in [6.45, 7) is -1.23. The Hall–Kier alpha value is -1.35. The van der Waals surface area contributed by atoms with E-state index in [0.717, 1.165) is 0 Å². The molecule has 1 aromatic carbocycles. The first-order valence-electron chi connectivity index (χ1n) is 5.12. The molecule has 2 N–H and O–H groups in total. The number of sulfonamides is 1. The molecule has 0 radical (unpaired) electrons. The van der Waals surface area contributed by atoms with Gasteiger partial charge in [-0.25, -0.2) is 21.9 Å². The van der Waals surface area contributed by atoms with Crippen molar-refractivity contribution in [3.8, 4) is 0 Å². The molecule has 0 heterocycles. The average molecular weight is 300 g/mol. The summed E-state index contributed by atoms with van der Waals surface area (Å²) in [7, 11) is -2.39. The lowest BCUT2D eigenvalue weighted by Crippen LogP contribution is -2.34. The van der Waals surface area contributed by atoms with E-state index in [1.165, 1.54) is 31.3 Å². The summed E-state index contributed by atoms with van der Waals surface area (Å²) in [5.41, 5.74) is 0.121. The van der Waals surface area contributed by atoms with Crippen molar-refractivity contribution in [3.05, 3.63) is 24.3 Å². The van der Waals surface area contributed by atoms with Crippen molar-refractivity contribution < 1.29 is 26.0 Å². The van der Waals surface area contributed by atoms with E-state index in [-0.39, 0.29) is 10.6 Å². The normalized spacial score (nSPS) is 12.7. The van der Waals surface area contributed by atoms with Gasteiger partial charge in [0.1, 0.15) is 0 Å². The SMILES string of the molecule is CNS(=O)(=O)c1ccc(NCC(F)(F)C(F)F)cc1. The molecule has 0 spiro atoms. The van der Waals surface area contributed by atoms with E-state index < -0.39 is 28.9 Å². The highest BCUT2D eigenvalue weighted by molar-refractivity contribution is 7.89. The van der Waals surface area contributed by atoms with E-state index in [0.29, 0.717) is 0 Å². The van der Waals surface area contributed by atoms with Gasteiger partial charge in [-0.3, -0.25) is 0 Å². The number of alkyl halides is 4. The quantitative estimate of drug-likeness (QED) is 0.789. The highest BCUT2D eigenvalue weighted by Crippen LogP contribution is 2.23. The second-order valence-corrected chi connectivity index (χ2v) is 5.53. The molecular weight excluding hydrogens is 288 g/mol. The standard InChI is InChI=1S/C10H12F4N2O2S/c1-15-19(17,18)8-4-2-7(3-5-8)16-6-10(13,14)9(11)12/h2-5,9,15-16H,6H2,1H3. The van der Waals surface area contributed by atoms with Gasteiger partial charge in [-0.2, -0.15) is 8.78 Å². The van der Waals surface area contributed by atoms with Crippen LogP contribution in [0.3, 0.4) is 0 Å². The largest absolute Gasteiger partial charge is 0.379 e. The molecule has 0 amide bonds. The monoisotopic (exact) mass is 300 g/mol. The molecule has 0 unspecified atom stereocenters. The topological polar surface area (TPSA) is 58.2 Å². The molecule has 4 nitrogen and oxygen atoms in total. The molecule has 0 aliphatic rings. The number of nitrogens with one attached hydrogen (secondary N) is 2. The highest BCUT2D eigenvalue weighted by Gasteiger charge is 2.40. The fourth-order valence-corrected chi connectivity index (χ4v) is 1.90. The number of benzene rings is 1. The molecule has 0 atom stereocenters. The molecule has 0 bridgehead atoms. The summed E-state index contributed by atoms with van der Waals surface area (Å²) in [5.74, 6) is -4.14. The Bertz CT molecular complexity index is 517. The zero-order chi connectivity index (χ0) is 14.7. The first kappa shape index (κ1) is 15.7. The zero-order valence-electron chi connectivity index (χ0n) is 9.83. The van der Waals surface area contributed by atoms with E-state index in [2.05, 4.69) is 10.0 Å².